The van der Waals surface area contributed by atoms with E-state index in [1.54, 1.807) is 6.92 Å². The van der Waals surface area contributed by atoms with Crippen molar-refractivity contribution in [1.82, 2.24) is 0 Å². The summed E-state index contributed by atoms with van der Waals surface area (Å²) in [6.45, 7) is 5.29. The van der Waals surface area contributed by atoms with Crippen LogP contribution in [0.3, 0.4) is 0 Å². The topological polar surface area (TPSA) is 23.1 Å². The maximum Gasteiger partial charge on any atom is 4.00 e. The standard InChI is InChI=1S/C7H7.2C5H5.C2H5O.Ti/c1-7-5-3-2-4-6-7;2*1-2-4-5-3-1;1-2-3;/h2-6H,1H2;2*1-3H,4H2;2H2,1H3;/q4*-1;+4. The van der Waals surface area contributed by atoms with Crippen molar-refractivity contribution in [3.05, 3.63) is 91.4 Å². The molecule has 0 radical (unpaired) electrons. The van der Waals surface area contributed by atoms with Gasteiger partial charge < -0.3 is 5.11 Å². The quantitative estimate of drug-likeness (QED) is 0.527. The zero-order valence-corrected chi connectivity index (χ0v) is 14.1. The van der Waals surface area contributed by atoms with Crippen LogP contribution in [0.4, 0.5) is 0 Å². The molecule has 0 N–H and O–H groups in total. The van der Waals surface area contributed by atoms with Gasteiger partial charge in [0.1, 0.15) is 0 Å². The molecule has 0 bridgehead atoms. The Labute approximate surface area is 144 Å². The molecule has 0 saturated carbocycles. The molecule has 0 heterocycles. The molecule has 108 valence electrons. The predicted octanol–water partition coefficient (Wildman–Crippen LogP) is 3.84. The van der Waals surface area contributed by atoms with E-state index in [4.69, 9.17) is 5.11 Å². The molecule has 0 amide bonds. The molecule has 1 nitrogen and oxygen atoms in total. The van der Waals surface area contributed by atoms with Crippen molar-refractivity contribution in [3.8, 4) is 0 Å². The maximum atomic E-state index is 8.93. The summed E-state index contributed by atoms with van der Waals surface area (Å²) < 4.78 is 0. The van der Waals surface area contributed by atoms with Gasteiger partial charge in [-0.3, -0.25) is 12.2 Å². The van der Waals surface area contributed by atoms with Crippen molar-refractivity contribution >= 4 is 0 Å². The molecule has 0 atom stereocenters. The van der Waals surface area contributed by atoms with Crippen LogP contribution >= 0.6 is 0 Å². The van der Waals surface area contributed by atoms with Crippen LogP contribution in [0.1, 0.15) is 25.3 Å². The Balaban J connectivity index is 0. The van der Waals surface area contributed by atoms with Gasteiger partial charge in [-0.15, -0.1) is 31.6 Å². The first-order valence-electron chi connectivity index (χ1n) is 6.69. The van der Waals surface area contributed by atoms with Crippen LogP contribution in [0.2, 0.25) is 0 Å². The van der Waals surface area contributed by atoms with E-state index in [0.717, 1.165) is 18.4 Å². The van der Waals surface area contributed by atoms with Gasteiger partial charge >= 0.3 is 21.7 Å². The summed E-state index contributed by atoms with van der Waals surface area (Å²) in [5.74, 6) is 0. The summed E-state index contributed by atoms with van der Waals surface area (Å²) in [5, 5.41) is 8.93. The zero-order valence-electron chi connectivity index (χ0n) is 12.6. The third kappa shape index (κ3) is 18.7. The minimum absolute atomic E-state index is 0. The number of benzene rings is 1. The SMILES string of the molecule is CC[O-].[C-]1=CC=CC1.[C-]1=CC=CC1.[CH2-]c1ccccc1.[Ti+4]. The largest absolute Gasteiger partial charge is 4.00 e. The van der Waals surface area contributed by atoms with Crippen molar-refractivity contribution in [1.29, 1.82) is 0 Å². The zero-order chi connectivity index (χ0) is 14.9. The summed E-state index contributed by atoms with van der Waals surface area (Å²) in [6.07, 6.45) is 20.0. The first kappa shape index (κ1) is 22.0. The second-order valence-electron chi connectivity index (χ2n) is 3.78. The molecule has 1 aromatic carbocycles. The summed E-state index contributed by atoms with van der Waals surface area (Å²) in [7, 11) is 0. The second kappa shape index (κ2) is 18.7. The van der Waals surface area contributed by atoms with Gasteiger partial charge in [0.25, 0.3) is 0 Å². The van der Waals surface area contributed by atoms with E-state index in [-0.39, 0.29) is 28.3 Å². The average Bonchev–Trinajstić information content (AvgIpc) is 3.20. The minimum Gasteiger partial charge on any atom is -0.855 e. The van der Waals surface area contributed by atoms with Gasteiger partial charge in [-0.2, -0.15) is 36.8 Å². The normalized spacial score (nSPS) is 12.1. The molecule has 0 spiro atoms. The molecule has 1 aromatic rings. The summed E-state index contributed by atoms with van der Waals surface area (Å²) in [4.78, 5) is 0. The van der Waals surface area contributed by atoms with Crippen LogP contribution in [-0.4, -0.2) is 6.61 Å². The first-order chi connectivity index (χ1) is 9.81. The van der Waals surface area contributed by atoms with E-state index < -0.39 is 0 Å². The van der Waals surface area contributed by atoms with E-state index >= 15 is 0 Å². The Morgan fingerprint density at radius 3 is 1.57 bits per heavy atom. The predicted molar refractivity (Wildman–Crippen MR) is 84.6 cm³/mol. The minimum atomic E-state index is 0. The van der Waals surface area contributed by atoms with Crippen molar-refractivity contribution in [2.45, 2.75) is 19.8 Å². The van der Waals surface area contributed by atoms with E-state index in [0.29, 0.717) is 0 Å². The van der Waals surface area contributed by atoms with Crippen LogP contribution in [-0.2, 0) is 21.7 Å². The first-order valence-corrected chi connectivity index (χ1v) is 6.69. The summed E-state index contributed by atoms with van der Waals surface area (Å²) in [5.41, 5.74) is 1.07. The molecule has 2 aliphatic rings. The van der Waals surface area contributed by atoms with E-state index in [9.17, 15) is 0 Å². The van der Waals surface area contributed by atoms with Crippen LogP contribution in [0.5, 0.6) is 0 Å². The third-order valence-corrected chi connectivity index (χ3v) is 2.01. The van der Waals surface area contributed by atoms with E-state index in [1.165, 1.54) is 0 Å². The average molecular weight is 314 g/mol. The number of hydrogen-bond acceptors (Lipinski definition) is 1. The number of rotatable bonds is 0. The van der Waals surface area contributed by atoms with Crippen molar-refractivity contribution in [2.75, 3.05) is 6.61 Å². The fourth-order valence-electron chi connectivity index (χ4n) is 1.16. The molecule has 0 fully saturated rings. The molecule has 0 aliphatic heterocycles. The summed E-state index contributed by atoms with van der Waals surface area (Å²) >= 11 is 0. The fourth-order valence-corrected chi connectivity index (χ4v) is 1.16. The maximum absolute atomic E-state index is 8.93. The number of allylic oxidation sites excluding steroid dienone is 8. The van der Waals surface area contributed by atoms with Crippen LogP contribution < -0.4 is 5.11 Å². The molecule has 21 heavy (non-hydrogen) atoms. The van der Waals surface area contributed by atoms with Crippen molar-refractivity contribution in [3.63, 3.8) is 0 Å². The van der Waals surface area contributed by atoms with Gasteiger partial charge in [0.2, 0.25) is 0 Å². The summed E-state index contributed by atoms with van der Waals surface area (Å²) in [6, 6.07) is 9.87. The molecule has 0 unspecified atom stereocenters. The Kier molecular flexibility index (Phi) is 19.6. The van der Waals surface area contributed by atoms with Gasteiger partial charge in [-0.05, 0) is 0 Å². The van der Waals surface area contributed by atoms with Gasteiger partial charge in [0, 0.05) is 0 Å². The van der Waals surface area contributed by atoms with Gasteiger partial charge in [0.15, 0.2) is 0 Å². The fraction of sp³-hybridized carbons (Fsp3) is 0.211. The van der Waals surface area contributed by atoms with Gasteiger partial charge in [0.05, 0.1) is 0 Å². The third-order valence-electron chi connectivity index (χ3n) is 2.01. The molecular weight excluding hydrogens is 292 g/mol. The molecule has 2 heteroatoms. The van der Waals surface area contributed by atoms with Crippen LogP contribution in [0, 0.1) is 19.1 Å². The Bertz CT molecular complexity index is 374. The second-order valence-corrected chi connectivity index (χ2v) is 3.78. The molecule has 3 rings (SSSR count). The monoisotopic (exact) mass is 314 g/mol. The molecule has 0 saturated heterocycles. The smallest absolute Gasteiger partial charge is 0.855 e. The number of hydrogen-bond donors (Lipinski definition) is 0. The Morgan fingerprint density at radius 1 is 1.00 bits per heavy atom. The van der Waals surface area contributed by atoms with Crippen molar-refractivity contribution in [2.24, 2.45) is 0 Å². The van der Waals surface area contributed by atoms with E-state index in [2.05, 4.69) is 31.2 Å². The van der Waals surface area contributed by atoms with Crippen LogP contribution in [0.15, 0.2) is 66.8 Å². The Morgan fingerprint density at radius 2 is 1.43 bits per heavy atom. The van der Waals surface area contributed by atoms with Gasteiger partial charge in [-0.25, -0.2) is 24.3 Å². The molecular formula is C19H22OTi. The van der Waals surface area contributed by atoms with Gasteiger partial charge in [-0.1, -0.05) is 13.0 Å². The molecule has 0 aromatic heterocycles. The Hall–Kier alpha value is -1.28. The molecule has 2 aliphatic carbocycles. The van der Waals surface area contributed by atoms with Crippen LogP contribution in [0.25, 0.3) is 0 Å². The van der Waals surface area contributed by atoms with Crippen molar-refractivity contribution < 1.29 is 26.8 Å². The van der Waals surface area contributed by atoms with E-state index in [1.807, 2.05) is 54.6 Å².